The first-order valence-electron chi connectivity index (χ1n) is 6.02. The molecule has 0 saturated heterocycles. The summed E-state index contributed by atoms with van der Waals surface area (Å²) < 4.78 is 0. The molecule has 0 aliphatic rings. The van der Waals surface area contributed by atoms with Gasteiger partial charge in [0.05, 0.1) is 0 Å². The lowest BCUT2D eigenvalue weighted by molar-refractivity contribution is 0.448. The van der Waals surface area contributed by atoms with E-state index in [-0.39, 0.29) is 17.5 Å². The van der Waals surface area contributed by atoms with Crippen molar-refractivity contribution < 1.29 is 10.2 Å². The zero-order chi connectivity index (χ0) is 14.0. The van der Waals surface area contributed by atoms with Crippen LogP contribution in [-0.2, 0) is 0 Å². The lowest BCUT2D eigenvalue weighted by Crippen LogP contribution is -2.07. The number of phenols is 2. The molecule has 0 aliphatic carbocycles. The Labute approximate surface area is 117 Å². The third-order valence-electron chi connectivity index (χ3n) is 3.06. The highest BCUT2D eigenvalue weighted by Crippen LogP contribution is 2.29. The van der Waals surface area contributed by atoms with Gasteiger partial charge in [0.1, 0.15) is 11.5 Å². The SMILES string of the molecule is Cc1c(Cl)cccc1NC(C)c1cc(O)cc(O)c1. The van der Waals surface area contributed by atoms with Gasteiger partial charge in [-0.1, -0.05) is 17.7 Å². The molecule has 2 aromatic carbocycles. The average Bonchev–Trinajstić information content (AvgIpc) is 2.33. The van der Waals surface area contributed by atoms with Gasteiger partial charge in [0.15, 0.2) is 0 Å². The molecule has 0 aromatic heterocycles. The standard InChI is InChI=1S/C15H16ClNO2/c1-9-14(16)4-3-5-15(9)17-10(2)11-6-12(18)8-13(19)7-11/h3-8,10,17-19H,1-2H3. The Morgan fingerprint density at radius 3 is 2.37 bits per heavy atom. The third kappa shape index (κ3) is 3.12. The smallest absolute Gasteiger partial charge is 0.119 e. The summed E-state index contributed by atoms with van der Waals surface area (Å²) in [6.07, 6.45) is 0. The fourth-order valence-corrected chi connectivity index (χ4v) is 2.12. The molecule has 1 unspecified atom stereocenters. The summed E-state index contributed by atoms with van der Waals surface area (Å²) in [6, 6.07) is 10.2. The minimum absolute atomic E-state index is 0.0477. The summed E-state index contributed by atoms with van der Waals surface area (Å²) in [5, 5.41) is 23.0. The van der Waals surface area contributed by atoms with Crippen LogP contribution in [0.3, 0.4) is 0 Å². The second kappa shape index (κ2) is 5.41. The van der Waals surface area contributed by atoms with Gasteiger partial charge in [0.2, 0.25) is 0 Å². The van der Waals surface area contributed by atoms with Crippen molar-refractivity contribution in [1.29, 1.82) is 0 Å². The number of benzene rings is 2. The number of nitrogens with one attached hydrogen (secondary N) is 1. The number of hydrogen-bond donors (Lipinski definition) is 3. The van der Waals surface area contributed by atoms with Crippen molar-refractivity contribution >= 4 is 17.3 Å². The van der Waals surface area contributed by atoms with E-state index in [2.05, 4.69) is 5.32 Å². The first kappa shape index (κ1) is 13.6. The number of hydrogen-bond acceptors (Lipinski definition) is 3. The van der Waals surface area contributed by atoms with E-state index in [9.17, 15) is 10.2 Å². The van der Waals surface area contributed by atoms with Crippen LogP contribution in [-0.4, -0.2) is 10.2 Å². The molecule has 3 N–H and O–H groups in total. The van der Waals surface area contributed by atoms with Crippen molar-refractivity contribution in [3.8, 4) is 11.5 Å². The quantitative estimate of drug-likeness (QED) is 0.787. The topological polar surface area (TPSA) is 52.5 Å². The van der Waals surface area contributed by atoms with Gasteiger partial charge < -0.3 is 15.5 Å². The highest BCUT2D eigenvalue weighted by Gasteiger charge is 2.10. The van der Waals surface area contributed by atoms with Gasteiger partial charge in [-0.15, -0.1) is 0 Å². The maximum Gasteiger partial charge on any atom is 0.119 e. The van der Waals surface area contributed by atoms with Crippen LogP contribution in [0.2, 0.25) is 5.02 Å². The predicted molar refractivity (Wildman–Crippen MR) is 78.0 cm³/mol. The summed E-state index contributed by atoms with van der Waals surface area (Å²) in [4.78, 5) is 0. The van der Waals surface area contributed by atoms with Gasteiger partial charge in [0.25, 0.3) is 0 Å². The van der Waals surface area contributed by atoms with Gasteiger partial charge in [-0.25, -0.2) is 0 Å². The van der Waals surface area contributed by atoms with Gasteiger partial charge in [-0.2, -0.15) is 0 Å². The zero-order valence-electron chi connectivity index (χ0n) is 10.8. The molecule has 0 fully saturated rings. The molecule has 2 aromatic rings. The summed E-state index contributed by atoms with van der Waals surface area (Å²) in [5.41, 5.74) is 2.71. The molecule has 0 bridgehead atoms. The van der Waals surface area contributed by atoms with E-state index in [0.29, 0.717) is 5.02 Å². The number of aromatic hydroxyl groups is 2. The number of halogens is 1. The van der Waals surface area contributed by atoms with E-state index < -0.39 is 0 Å². The Hall–Kier alpha value is -1.87. The van der Waals surface area contributed by atoms with Gasteiger partial charge in [-0.05, 0) is 49.2 Å². The van der Waals surface area contributed by atoms with Crippen LogP contribution in [0.15, 0.2) is 36.4 Å². The van der Waals surface area contributed by atoms with Crippen LogP contribution in [0, 0.1) is 6.92 Å². The zero-order valence-corrected chi connectivity index (χ0v) is 11.6. The Bertz CT molecular complexity index is 578. The van der Waals surface area contributed by atoms with Gasteiger partial charge in [-0.3, -0.25) is 0 Å². The minimum atomic E-state index is -0.0600. The molecular weight excluding hydrogens is 262 g/mol. The van der Waals surface area contributed by atoms with Crippen LogP contribution in [0.5, 0.6) is 11.5 Å². The summed E-state index contributed by atoms with van der Waals surface area (Å²) >= 11 is 6.07. The van der Waals surface area contributed by atoms with E-state index in [1.165, 1.54) is 6.07 Å². The highest BCUT2D eigenvalue weighted by molar-refractivity contribution is 6.31. The summed E-state index contributed by atoms with van der Waals surface area (Å²) in [7, 11) is 0. The molecule has 0 amide bonds. The second-order valence-electron chi connectivity index (χ2n) is 4.56. The lowest BCUT2D eigenvalue weighted by atomic mass is 10.1. The molecule has 0 aliphatic heterocycles. The van der Waals surface area contributed by atoms with Crippen molar-refractivity contribution in [3.63, 3.8) is 0 Å². The molecule has 3 nitrogen and oxygen atoms in total. The van der Waals surface area contributed by atoms with Gasteiger partial charge in [0, 0.05) is 22.8 Å². The maximum absolute atomic E-state index is 9.50. The Morgan fingerprint density at radius 2 is 1.74 bits per heavy atom. The minimum Gasteiger partial charge on any atom is -0.508 e. The Balaban J connectivity index is 2.25. The molecule has 4 heteroatoms. The fourth-order valence-electron chi connectivity index (χ4n) is 1.95. The van der Waals surface area contributed by atoms with Crippen LogP contribution < -0.4 is 5.32 Å². The Morgan fingerprint density at radius 1 is 1.11 bits per heavy atom. The van der Waals surface area contributed by atoms with Crippen LogP contribution in [0.4, 0.5) is 5.69 Å². The van der Waals surface area contributed by atoms with E-state index in [0.717, 1.165) is 16.8 Å². The lowest BCUT2D eigenvalue weighted by Gasteiger charge is -2.18. The second-order valence-corrected chi connectivity index (χ2v) is 4.97. The third-order valence-corrected chi connectivity index (χ3v) is 3.47. The summed E-state index contributed by atoms with van der Waals surface area (Å²) in [5.74, 6) is 0.0953. The molecule has 100 valence electrons. The molecule has 19 heavy (non-hydrogen) atoms. The first-order chi connectivity index (χ1) is 8.97. The fraction of sp³-hybridized carbons (Fsp3) is 0.200. The van der Waals surface area contributed by atoms with Gasteiger partial charge >= 0.3 is 0 Å². The number of phenolic OH excluding ortho intramolecular Hbond substituents is 2. The van der Waals surface area contributed by atoms with Crippen LogP contribution >= 0.6 is 11.6 Å². The molecule has 0 heterocycles. The predicted octanol–water partition coefficient (Wildman–Crippen LogP) is 4.23. The maximum atomic E-state index is 9.50. The molecule has 0 saturated carbocycles. The number of rotatable bonds is 3. The molecule has 2 rings (SSSR count). The van der Waals surface area contributed by atoms with Crippen molar-refractivity contribution in [2.45, 2.75) is 19.9 Å². The average molecular weight is 278 g/mol. The monoisotopic (exact) mass is 277 g/mol. The first-order valence-corrected chi connectivity index (χ1v) is 6.39. The van der Waals surface area contributed by atoms with Crippen LogP contribution in [0.25, 0.3) is 0 Å². The normalized spacial score (nSPS) is 12.2. The van der Waals surface area contributed by atoms with E-state index in [4.69, 9.17) is 11.6 Å². The Kier molecular flexibility index (Phi) is 3.86. The van der Waals surface area contributed by atoms with Crippen molar-refractivity contribution in [1.82, 2.24) is 0 Å². The number of anilines is 1. The van der Waals surface area contributed by atoms with Crippen molar-refractivity contribution in [2.24, 2.45) is 0 Å². The van der Waals surface area contributed by atoms with Crippen molar-refractivity contribution in [2.75, 3.05) is 5.32 Å². The van der Waals surface area contributed by atoms with E-state index >= 15 is 0 Å². The molecular formula is C15H16ClNO2. The highest BCUT2D eigenvalue weighted by atomic mass is 35.5. The molecule has 0 radical (unpaired) electrons. The molecule has 0 spiro atoms. The van der Waals surface area contributed by atoms with Crippen LogP contribution in [0.1, 0.15) is 24.1 Å². The largest absolute Gasteiger partial charge is 0.508 e. The van der Waals surface area contributed by atoms with E-state index in [1.807, 2.05) is 32.0 Å². The molecule has 1 atom stereocenters. The van der Waals surface area contributed by atoms with Crippen molar-refractivity contribution in [3.05, 3.63) is 52.5 Å². The summed E-state index contributed by atoms with van der Waals surface area (Å²) in [6.45, 7) is 3.89. The van der Waals surface area contributed by atoms with E-state index in [1.54, 1.807) is 12.1 Å².